The maximum absolute atomic E-state index is 10.5. The fourth-order valence-electron chi connectivity index (χ4n) is 1.15. The third kappa shape index (κ3) is 1.00. The van der Waals surface area contributed by atoms with E-state index >= 15 is 0 Å². The van der Waals surface area contributed by atoms with Crippen molar-refractivity contribution < 1.29 is 30.0 Å². The van der Waals surface area contributed by atoms with Gasteiger partial charge in [0.05, 0.1) is 0 Å². The minimum Gasteiger partial charge on any atom is -0.479 e. The minimum absolute atomic E-state index is 1.14. The van der Waals surface area contributed by atoms with Gasteiger partial charge in [0.25, 0.3) is 0 Å². The lowest BCUT2D eigenvalue weighted by Crippen LogP contribution is -2.53. The van der Waals surface area contributed by atoms with Crippen LogP contribution < -0.4 is 0 Å². The van der Waals surface area contributed by atoms with Crippen molar-refractivity contribution in [2.24, 2.45) is 0 Å². The van der Waals surface area contributed by atoms with E-state index in [1.54, 1.807) is 0 Å². The molecule has 1 rings (SSSR count). The molecule has 0 aliphatic carbocycles. The normalized spacial score (nSPS) is 47.8. The van der Waals surface area contributed by atoms with E-state index in [1.165, 1.54) is 6.92 Å². The second-order valence-electron chi connectivity index (χ2n) is 2.74. The van der Waals surface area contributed by atoms with Crippen molar-refractivity contribution >= 4 is 5.97 Å². The van der Waals surface area contributed by atoms with Crippen molar-refractivity contribution in [3.8, 4) is 0 Å². The molecular formula is C6H10O6. The van der Waals surface area contributed by atoms with E-state index in [0.29, 0.717) is 0 Å². The first-order chi connectivity index (χ1) is 5.40. The molecule has 6 nitrogen and oxygen atoms in total. The first-order valence-electron chi connectivity index (χ1n) is 3.38. The lowest BCUT2D eigenvalue weighted by molar-refractivity contribution is -0.172. The Morgan fingerprint density at radius 3 is 2.17 bits per heavy atom. The van der Waals surface area contributed by atoms with Crippen LogP contribution in [-0.4, -0.2) is 50.5 Å². The van der Waals surface area contributed by atoms with Gasteiger partial charge in [0.1, 0.15) is 12.2 Å². The number of aliphatic hydroxyl groups excluding tert-OH is 2. The average Bonchev–Trinajstić information content (AvgIpc) is 2.16. The summed E-state index contributed by atoms with van der Waals surface area (Å²) in [5.41, 5.74) is -2.42. The molecule has 4 atom stereocenters. The van der Waals surface area contributed by atoms with Crippen molar-refractivity contribution in [3.63, 3.8) is 0 Å². The number of carboxylic acid groups (broad SMARTS) is 1. The summed E-state index contributed by atoms with van der Waals surface area (Å²) >= 11 is 0. The predicted molar refractivity (Wildman–Crippen MR) is 35.1 cm³/mol. The molecule has 70 valence electrons. The number of rotatable bonds is 1. The zero-order chi connectivity index (χ0) is 9.52. The lowest BCUT2D eigenvalue weighted by Gasteiger charge is -2.23. The topological polar surface area (TPSA) is 107 Å². The third-order valence-corrected chi connectivity index (χ3v) is 2.03. The van der Waals surface area contributed by atoms with Crippen LogP contribution in [-0.2, 0) is 9.53 Å². The van der Waals surface area contributed by atoms with Gasteiger partial charge in [-0.05, 0) is 6.92 Å². The highest BCUT2D eigenvalue weighted by Crippen LogP contribution is 2.29. The van der Waals surface area contributed by atoms with Crippen LogP contribution in [0.4, 0.5) is 0 Å². The highest BCUT2D eigenvalue weighted by molar-refractivity contribution is 5.79. The molecule has 1 aliphatic heterocycles. The maximum atomic E-state index is 10.5. The van der Waals surface area contributed by atoms with Crippen LogP contribution in [0.1, 0.15) is 6.92 Å². The zero-order valence-electron chi connectivity index (χ0n) is 6.34. The van der Waals surface area contributed by atoms with E-state index in [2.05, 4.69) is 4.74 Å². The van der Waals surface area contributed by atoms with Crippen molar-refractivity contribution in [3.05, 3.63) is 0 Å². The standard InChI is InChI=1S/C6H10O6/c1-2-6(11,5(9)10)3(7)4(8)12-2/h2-4,7-8,11H,1H3,(H,9,10)/t2-,3+,4+,6+/m1/s1. The fourth-order valence-corrected chi connectivity index (χ4v) is 1.15. The molecule has 1 saturated heterocycles. The molecule has 1 heterocycles. The Labute approximate surface area is 68.0 Å². The van der Waals surface area contributed by atoms with Crippen molar-refractivity contribution in [2.45, 2.75) is 31.0 Å². The molecule has 1 aliphatic rings. The Morgan fingerprint density at radius 2 is 2.00 bits per heavy atom. The van der Waals surface area contributed by atoms with Gasteiger partial charge < -0.3 is 25.2 Å². The summed E-state index contributed by atoms with van der Waals surface area (Å²) in [6.45, 7) is 1.26. The summed E-state index contributed by atoms with van der Waals surface area (Å²) in [6, 6.07) is 0. The molecule has 1 fully saturated rings. The van der Waals surface area contributed by atoms with Crippen molar-refractivity contribution in [1.82, 2.24) is 0 Å². The van der Waals surface area contributed by atoms with E-state index in [1.807, 2.05) is 0 Å². The van der Waals surface area contributed by atoms with Gasteiger partial charge >= 0.3 is 5.97 Å². The van der Waals surface area contributed by atoms with Gasteiger partial charge in [0.15, 0.2) is 6.29 Å². The van der Waals surface area contributed by atoms with E-state index in [4.69, 9.17) is 15.3 Å². The van der Waals surface area contributed by atoms with E-state index in [0.717, 1.165) is 0 Å². The van der Waals surface area contributed by atoms with Crippen LogP contribution in [0.2, 0.25) is 0 Å². The predicted octanol–water partition coefficient (Wildman–Crippen LogP) is -2.10. The molecule has 12 heavy (non-hydrogen) atoms. The third-order valence-electron chi connectivity index (χ3n) is 2.03. The first-order valence-corrected chi connectivity index (χ1v) is 3.38. The summed E-state index contributed by atoms with van der Waals surface area (Å²) in [5.74, 6) is -1.61. The van der Waals surface area contributed by atoms with E-state index in [-0.39, 0.29) is 0 Å². The summed E-state index contributed by atoms with van der Waals surface area (Å²) < 4.78 is 4.53. The smallest absolute Gasteiger partial charge is 0.341 e. The van der Waals surface area contributed by atoms with E-state index in [9.17, 15) is 9.90 Å². The number of hydrogen-bond acceptors (Lipinski definition) is 5. The SMILES string of the molecule is C[C@H]1O[C@H](O)[C@H](O)[C@]1(O)C(=O)O. The average molecular weight is 178 g/mol. The molecular weight excluding hydrogens is 168 g/mol. The number of aliphatic hydroxyl groups is 3. The van der Waals surface area contributed by atoms with Gasteiger partial charge in [0, 0.05) is 0 Å². The number of carbonyl (C=O) groups is 1. The van der Waals surface area contributed by atoms with Crippen LogP contribution >= 0.6 is 0 Å². The zero-order valence-corrected chi connectivity index (χ0v) is 6.34. The Bertz CT molecular complexity index is 204. The number of carboxylic acids is 1. The Kier molecular flexibility index (Phi) is 2.09. The Hall–Kier alpha value is -0.690. The summed E-state index contributed by atoms with van der Waals surface area (Å²) in [5, 5.41) is 35.8. The molecule has 0 aromatic heterocycles. The monoisotopic (exact) mass is 178 g/mol. The molecule has 6 heteroatoms. The van der Waals surface area contributed by atoms with Crippen molar-refractivity contribution in [2.75, 3.05) is 0 Å². The first kappa shape index (κ1) is 9.40. The van der Waals surface area contributed by atoms with Gasteiger partial charge in [-0.25, -0.2) is 4.79 Å². The summed E-state index contributed by atoms with van der Waals surface area (Å²) in [7, 11) is 0. The minimum atomic E-state index is -2.42. The molecule has 0 bridgehead atoms. The van der Waals surface area contributed by atoms with Gasteiger partial charge in [-0.15, -0.1) is 0 Å². The van der Waals surface area contributed by atoms with Gasteiger partial charge in [-0.3, -0.25) is 0 Å². The Morgan fingerprint density at radius 1 is 1.50 bits per heavy atom. The lowest BCUT2D eigenvalue weighted by atomic mass is 9.94. The largest absolute Gasteiger partial charge is 0.479 e. The molecule has 0 aromatic carbocycles. The summed E-state index contributed by atoms with van der Waals surface area (Å²) in [6.07, 6.45) is -4.61. The van der Waals surface area contributed by atoms with Gasteiger partial charge in [-0.1, -0.05) is 0 Å². The second kappa shape index (κ2) is 2.67. The second-order valence-corrected chi connectivity index (χ2v) is 2.74. The van der Waals surface area contributed by atoms with Crippen LogP contribution in [0.5, 0.6) is 0 Å². The molecule has 0 aromatic rings. The van der Waals surface area contributed by atoms with Crippen LogP contribution in [0.25, 0.3) is 0 Å². The van der Waals surface area contributed by atoms with Crippen LogP contribution in [0.3, 0.4) is 0 Å². The molecule has 4 N–H and O–H groups in total. The number of hydrogen-bond donors (Lipinski definition) is 4. The van der Waals surface area contributed by atoms with E-state index < -0.39 is 30.1 Å². The molecule has 0 saturated carbocycles. The highest BCUT2D eigenvalue weighted by Gasteiger charge is 2.58. The molecule has 0 radical (unpaired) electrons. The molecule has 0 amide bonds. The van der Waals surface area contributed by atoms with Crippen molar-refractivity contribution in [1.29, 1.82) is 0 Å². The quantitative estimate of drug-likeness (QED) is 0.366. The Balaban J connectivity index is 2.95. The maximum Gasteiger partial charge on any atom is 0.341 e. The number of ether oxygens (including phenoxy) is 1. The van der Waals surface area contributed by atoms with Gasteiger partial charge in [0.2, 0.25) is 5.60 Å². The molecule has 0 spiro atoms. The number of aliphatic carboxylic acids is 1. The summed E-state index contributed by atoms with van der Waals surface area (Å²) in [4.78, 5) is 10.5. The van der Waals surface area contributed by atoms with Crippen LogP contribution in [0.15, 0.2) is 0 Å². The van der Waals surface area contributed by atoms with Gasteiger partial charge in [-0.2, -0.15) is 0 Å². The van der Waals surface area contributed by atoms with Crippen LogP contribution in [0, 0.1) is 0 Å². The highest BCUT2D eigenvalue weighted by atomic mass is 16.6. The molecule has 0 unspecified atom stereocenters. The fraction of sp³-hybridized carbons (Fsp3) is 0.833.